The minimum atomic E-state index is -0.622. The van der Waals surface area contributed by atoms with Crippen molar-refractivity contribution in [3.63, 3.8) is 0 Å². The third-order valence-corrected chi connectivity index (χ3v) is 11.4. The van der Waals surface area contributed by atoms with Gasteiger partial charge < -0.3 is 5.11 Å². The van der Waals surface area contributed by atoms with Crippen molar-refractivity contribution < 1.29 is 22.2 Å². The van der Waals surface area contributed by atoms with Crippen molar-refractivity contribution in [1.82, 2.24) is 0 Å². The van der Waals surface area contributed by atoms with Crippen LogP contribution in [0.4, 0.5) is 0 Å². The molecular formula is C36H32FeOP2+2. The summed E-state index contributed by atoms with van der Waals surface area (Å²) in [7, 11) is -1.03. The summed E-state index contributed by atoms with van der Waals surface area (Å²) in [5.41, 5.74) is 2.67. The molecule has 4 heteroatoms. The molecule has 4 aromatic rings. The van der Waals surface area contributed by atoms with Crippen LogP contribution in [0, 0.1) is 62.2 Å². The van der Waals surface area contributed by atoms with Crippen LogP contribution in [0.1, 0.15) is 6.92 Å². The Bertz CT molecular complexity index is 1150. The Morgan fingerprint density at radius 3 is 1.23 bits per heavy atom. The Morgan fingerprint density at radius 1 is 0.475 bits per heavy atom. The molecule has 0 aliphatic heterocycles. The van der Waals surface area contributed by atoms with E-state index in [1.807, 2.05) is 31.9 Å². The average molecular weight is 598 g/mol. The van der Waals surface area contributed by atoms with Crippen LogP contribution in [-0.2, 0) is 17.1 Å². The zero-order valence-electron chi connectivity index (χ0n) is 22.4. The van der Waals surface area contributed by atoms with E-state index in [1.165, 1.54) is 32.5 Å². The first-order valence-electron chi connectivity index (χ1n) is 13.2. The van der Waals surface area contributed by atoms with Crippen LogP contribution >= 0.6 is 15.8 Å². The molecule has 1 atom stereocenters. The zero-order chi connectivity index (χ0) is 26.9. The summed E-state index contributed by atoms with van der Waals surface area (Å²) in [6.45, 7) is 1.84. The predicted octanol–water partition coefficient (Wildman–Crippen LogP) is 6.71. The SMILES string of the molecule is C[C@H](O)[C]1[CH][CH][CH][C]1P(c1ccccc1)c1ccccc1.[CH]1[CH][CH][C](P(c2ccccc2)c2ccccc2)[CH]1.[Fe+2]. The fraction of sp³-hybridized carbons (Fsp3) is 0.0556. The number of aliphatic hydroxyl groups excluding tert-OH is 1. The molecule has 0 spiro atoms. The van der Waals surface area contributed by atoms with Crippen molar-refractivity contribution in [2.24, 2.45) is 0 Å². The molecular weight excluding hydrogens is 566 g/mol. The molecule has 2 saturated carbocycles. The normalized spacial score (nSPS) is 16.9. The summed E-state index contributed by atoms with van der Waals surface area (Å²) >= 11 is 0. The predicted molar refractivity (Wildman–Crippen MR) is 170 cm³/mol. The summed E-state index contributed by atoms with van der Waals surface area (Å²) < 4.78 is 0. The van der Waals surface area contributed by atoms with Crippen molar-refractivity contribution in [1.29, 1.82) is 0 Å². The molecule has 2 fully saturated rings. The van der Waals surface area contributed by atoms with E-state index >= 15 is 0 Å². The molecule has 0 amide bonds. The fourth-order valence-corrected chi connectivity index (χ4v) is 9.53. The van der Waals surface area contributed by atoms with Crippen LogP contribution in [0.2, 0.25) is 0 Å². The molecule has 1 N–H and O–H groups in total. The van der Waals surface area contributed by atoms with E-state index in [1.54, 1.807) is 0 Å². The second-order valence-electron chi connectivity index (χ2n) is 9.20. The van der Waals surface area contributed by atoms with Gasteiger partial charge in [-0.1, -0.05) is 121 Å². The summed E-state index contributed by atoms with van der Waals surface area (Å²) in [5, 5.41) is 15.5. The Labute approximate surface area is 254 Å². The first-order valence-corrected chi connectivity index (χ1v) is 15.9. The van der Waals surface area contributed by atoms with Gasteiger partial charge in [0.25, 0.3) is 0 Å². The Morgan fingerprint density at radius 2 is 0.850 bits per heavy atom. The largest absolute Gasteiger partial charge is 2.00 e. The minimum absolute atomic E-state index is 0. The van der Waals surface area contributed by atoms with Crippen LogP contribution in [-0.4, -0.2) is 11.2 Å². The van der Waals surface area contributed by atoms with Crippen molar-refractivity contribution in [2.75, 3.05) is 0 Å². The molecule has 0 saturated heterocycles. The third-order valence-electron chi connectivity index (χ3n) is 6.48. The first kappa shape index (κ1) is 31.2. The molecule has 0 aromatic heterocycles. The van der Waals surface area contributed by atoms with E-state index in [9.17, 15) is 5.11 Å². The third kappa shape index (κ3) is 7.94. The maximum Gasteiger partial charge on any atom is 2.00 e. The van der Waals surface area contributed by atoms with Gasteiger partial charge >= 0.3 is 17.1 Å². The van der Waals surface area contributed by atoms with Gasteiger partial charge in [0.05, 0.1) is 6.10 Å². The van der Waals surface area contributed by atoms with Crippen LogP contribution in [0.25, 0.3) is 0 Å². The van der Waals surface area contributed by atoms with Gasteiger partial charge in [-0.2, -0.15) is 0 Å². The maximum atomic E-state index is 10.0. The van der Waals surface area contributed by atoms with E-state index in [-0.39, 0.29) is 17.1 Å². The second kappa shape index (κ2) is 16.0. The molecule has 10 radical (unpaired) electrons. The standard InChI is InChI=1S/C19H18OP.C17H14P.Fe/c1-15(20)18-13-8-14-19(18)21(16-9-4-2-5-10-16)17-11-6-3-7-12-17;1-3-9-15(10-4-1)18(17-13-7-8-14-17)16-11-5-2-6-12-16;/h2-15,20H,1H3;1-14H;/q;;+2/t15-;;/m0../s1. The minimum Gasteiger partial charge on any atom is -0.393 e. The second-order valence-corrected chi connectivity index (χ2v) is 13.6. The summed E-state index contributed by atoms with van der Waals surface area (Å²) in [5.74, 6) is 1.04. The number of hydrogen-bond donors (Lipinski definition) is 1. The molecule has 0 unspecified atom stereocenters. The molecule has 4 aromatic carbocycles. The average Bonchev–Trinajstić information content (AvgIpc) is 3.70. The summed E-state index contributed by atoms with van der Waals surface area (Å²) in [6, 6.07) is 42.7. The quantitative estimate of drug-likeness (QED) is 0.185. The van der Waals surface area contributed by atoms with E-state index < -0.39 is 21.9 Å². The smallest absolute Gasteiger partial charge is 0.393 e. The van der Waals surface area contributed by atoms with Crippen molar-refractivity contribution in [3.05, 3.63) is 184 Å². The van der Waals surface area contributed by atoms with Crippen LogP contribution < -0.4 is 21.2 Å². The van der Waals surface area contributed by atoms with Gasteiger partial charge in [0.1, 0.15) is 0 Å². The van der Waals surface area contributed by atoms with Crippen LogP contribution in [0.3, 0.4) is 0 Å². The van der Waals surface area contributed by atoms with Gasteiger partial charge in [-0.3, -0.25) is 0 Å². The molecule has 40 heavy (non-hydrogen) atoms. The first-order chi connectivity index (χ1) is 19.2. The topological polar surface area (TPSA) is 20.2 Å². The van der Waals surface area contributed by atoms with Gasteiger partial charge in [-0.25, -0.2) is 0 Å². The van der Waals surface area contributed by atoms with Crippen molar-refractivity contribution >= 4 is 37.1 Å². The number of hydrogen-bond acceptors (Lipinski definition) is 1. The fourth-order valence-electron chi connectivity index (χ4n) is 4.68. The van der Waals surface area contributed by atoms with Gasteiger partial charge in [-0.15, -0.1) is 0 Å². The molecule has 1 nitrogen and oxygen atoms in total. The van der Waals surface area contributed by atoms with Gasteiger partial charge in [0.15, 0.2) is 0 Å². The summed E-state index contributed by atoms with van der Waals surface area (Å²) in [4.78, 5) is 0. The molecule has 0 bridgehead atoms. The number of rotatable bonds is 7. The number of aliphatic hydroxyl groups is 1. The molecule has 6 rings (SSSR count). The van der Waals surface area contributed by atoms with Crippen LogP contribution in [0.15, 0.2) is 121 Å². The van der Waals surface area contributed by atoms with E-state index in [0.29, 0.717) is 0 Å². The van der Waals surface area contributed by atoms with Crippen LogP contribution in [0.5, 0.6) is 0 Å². The molecule has 2 aliphatic rings. The maximum absolute atomic E-state index is 10.0. The van der Waals surface area contributed by atoms with Gasteiger partial charge in [-0.05, 0) is 88.9 Å². The molecule has 0 heterocycles. The zero-order valence-corrected chi connectivity index (χ0v) is 25.3. The summed E-state index contributed by atoms with van der Waals surface area (Å²) in [6.07, 6.45) is 14.5. The molecule has 198 valence electrons. The Balaban J connectivity index is 0.000000182. The van der Waals surface area contributed by atoms with E-state index in [2.05, 4.69) is 141 Å². The number of benzene rings is 4. The van der Waals surface area contributed by atoms with Gasteiger partial charge in [0.2, 0.25) is 0 Å². The Hall–Kier alpha value is -1.78. The van der Waals surface area contributed by atoms with Gasteiger partial charge in [0, 0.05) is 17.2 Å². The van der Waals surface area contributed by atoms with Crippen molar-refractivity contribution in [2.45, 2.75) is 13.0 Å². The van der Waals surface area contributed by atoms with Crippen molar-refractivity contribution in [3.8, 4) is 0 Å². The monoisotopic (exact) mass is 598 g/mol. The molecule has 2 aliphatic carbocycles. The van der Waals surface area contributed by atoms with E-state index in [0.717, 1.165) is 5.92 Å². The Kier molecular flexibility index (Phi) is 12.5. The van der Waals surface area contributed by atoms with E-state index in [4.69, 9.17) is 0 Å².